The van der Waals surface area contributed by atoms with E-state index >= 15 is 0 Å². The topological polar surface area (TPSA) is 78.0 Å². The number of aromatic nitrogens is 1. The lowest BCUT2D eigenvalue weighted by molar-refractivity contribution is -0.123. The number of carbonyl (C=O) groups excluding carboxylic acids is 2. The molecule has 5 rings (SSSR count). The van der Waals surface area contributed by atoms with E-state index in [1.807, 2.05) is 31.3 Å². The number of nitrogens with zero attached hydrogens (tertiary/aromatic N) is 4. The molecule has 0 unspecified atom stereocenters. The average Bonchev–Trinajstić information content (AvgIpc) is 3.03. The van der Waals surface area contributed by atoms with Crippen molar-refractivity contribution in [2.45, 2.75) is 42.4 Å². The van der Waals surface area contributed by atoms with Crippen LogP contribution in [0.25, 0.3) is 0 Å². The Labute approximate surface area is 234 Å². The van der Waals surface area contributed by atoms with Crippen LogP contribution >= 0.6 is 11.8 Å². The van der Waals surface area contributed by atoms with E-state index in [4.69, 9.17) is 4.74 Å². The lowest BCUT2D eigenvalue weighted by Crippen LogP contribution is -2.51. The second-order valence-electron chi connectivity index (χ2n) is 10.3. The van der Waals surface area contributed by atoms with Gasteiger partial charge in [0.05, 0.1) is 5.69 Å². The molecule has 8 nitrogen and oxygen atoms in total. The van der Waals surface area contributed by atoms with Crippen LogP contribution in [-0.2, 0) is 11.3 Å². The molecule has 0 atom stereocenters. The summed E-state index contributed by atoms with van der Waals surface area (Å²) in [4.78, 5) is 35.6. The molecule has 0 aliphatic carbocycles. The minimum absolute atomic E-state index is 0.0309. The third-order valence-electron chi connectivity index (χ3n) is 6.78. The quantitative estimate of drug-likeness (QED) is 0.267. The average molecular weight is 572 g/mol. The van der Waals surface area contributed by atoms with Gasteiger partial charge in [-0.05, 0) is 98.9 Å². The minimum atomic E-state index is -4.43. The van der Waals surface area contributed by atoms with Crippen LogP contribution in [0.2, 0.25) is 0 Å². The van der Waals surface area contributed by atoms with Gasteiger partial charge < -0.3 is 15.0 Å². The van der Waals surface area contributed by atoms with Crippen LogP contribution in [0.15, 0.2) is 71.8 Å². The zero-order valence-corrected chi connectivity index (χ0v) is 22.9. The number of pyridine rings is 1. The Kier molecular flexibility index (Phi) is 7.40. The lowest BCUT2D eigenvalue weighted by atomic mass is 10.0. The summed E-state index contributed by atoms with van der Waals surface area (Å²) in [6.07, 6.45) is 1.82. The van der Waals surface area contributed by atoms with Crippen molar-refractivity contribution in [2.75, 3.05) is 30.4 Å². The predicted octanol–water partition coefficient (Wildman–Crippen LogP) is 5.88. The number of amides is 3. The lowest BCUT2D eigenvalue weighted by Gasteiger charge is -2.36. The third-order valence-corrected chi connectivity index (χ3v) is 7.52. The second kappa shape index (κ2) is 10.7. The van der Waals surface area contributed by atoms with Crippen LogP contribution in [0.5, 0.6) is 5.75 Å². The van der Waals surface area contributed by atoms with Gasteiger partial charge in [-0.3, -0.25) is 9.69 Å². The molecular formula is C28H28F3N5O3S. The third kappa shape index (κ3) is 6.02. The first-order valence-corrected chi connectivity index (χ1v) is 13.4. The molecule has 2 fully saturated rings. The summed E-state index contributed by atoms with van der Waals surface area (Å²) in [7, 11) is 2.05. The van der Waals surface area contributed by atoms with Gasteiger partial charge in [-0.2, -0.15) is 13.2 Å². The number of likely N-dealkylation sites (N-methyl/N-ethyl adjacent to an activating group) is 1. The Morgan fingerprint density at radius 3 is 2.35 bits per heavy atom. The molecule has 0 bridgehead atoms. The van der Waals surface area contributed by atoms with Gasteiger partial charge in [0, 0.05) is 36.4 Å². The summed E-state index contributed by atoms with van der Waals surface area (Å²) in [5.74, 6) is 0.900. The van der Waals surface area contributed by atoms with Crippen molar-refractivity contribution in [3.05, 3.63) is 72.4 Å². The normalized spacial score (nSPS) is 17.8. The first-order valence-electron chi connectivity index (χ1n) is 12.6. The summed E-state index contributed by atoms with van der Waals surface area (Å²) in [6.45, 7) is 5.24. The standard InChI is InChI=1S/C28H28F3N5O3S/c1-27(2)25(37)36(20-6-10-23(11-7-20)40-28(29,30)31)26(38)35(27)15-18-12-13-32-24(14-18)33-19-4-8-21(9-5-19)39-22-16-34(3)17-22/h4-14,22H,15-17H2,1-3H3,(H,32,33). The molecule has 210 valence electrons. The molecule has 0 radical (unpaired) electrons. The number of rotatable bonds is 8. The maximum atomic E-state index is 13.4. The van der Waals surface area contributed by atoms with Crippen LogP contribution in [0.1, 0.15) is 19.4 Å². The van der Waals surface area contributed by atoms with Crippen molar-refractivity contribution in [2.24, 2.45) is 0 Å². The van der Waals surface area contributed by atoms with Gasteiger partial charge in [-0.15, -0.1) is 0 Å². The summed E-state index contributed by atoms with van der Waals surface area (Å²) in [6, 6.07) is 15.8. The van der Waals surface area contributed by atoms with E-state index in [1.165, 1.54) is 29.2 Å². The molecule has 0 saturated carbocycles. The zero-order valence-electron chi connectivity index (χ0n) is 22.1. The molecular weight excluding hydrogens is 543 g/mol. The van der Waals surface area contributed by atoms with Crippen LogP contribution in [0, 0.1) is 0 Å². The number of hydrogen-bond donors (Lipinski definition) is 1. The number of likely N-dealkylation sites (tertiary alicyclic amines) is 1. The monoisotopic (exact) mass is 571 g/mol. The number of ether oxygens (including phenoxy) is 1. The van der Waals surface area contributed by atoms with E-state index in [0.29, 0.717) is 5.82 Å². The summed E-state index contributed by atoms with van der Waals surface area (Å²) < 4.78 is 44.0. The Morgan fingerprint density at radius 2 is 1.73 bits per heavy atom. The largest absolute Gasteiger partial charge is 0.488 e. The molecule has 2 aliphatic heterocycles. The van der Waals surface area contributed by atoms with E-state index in [-0.39, 0.29) is 35.0 Å². The first kappa shape index (κ1) is 27.8. The number of nitrogens with one attached hydrogen (secondary N) is 1. The van der Waals surface area contributed by atoms with E-state index in [1.54, 1.807) is 32.2 Å². The number of urea groups is 1. The maximum absolute atomic E-state index is 13.4. The summed E-state index contributed by atoms with van der Waals surface area (Å²) in [5, 5.41) is 3.24. The van der Waals surface area contributed by atoms with Crippen molar-refractivity contribution in [3.63, 3.8) is 0 Å². The molecule has 2 saturated heterocycles. The fourth-order valence-corrected chi connectivity index (χ4v) is 5.16. The summed E-state index contributed by atoms with van der Waals surface area (Å²) in [5.41, 5.74) is -3.82. The SMILES string of the molecule is CN1CC(Oc2ccc(Nc3cc(CN4C(=O)N(c5ccc(SC(F)(F)F)cc5)C(=O)C4(C)C)ccn3)cc2)C1. The molecule has 3 heterocycles. The fraction of sp³-hybridized carbons (Fsp3) is 0.321. The Bertz CT molecular complexity index is 1390. The number of imide groups is 1. The Hall–Kier alpha value is -3.77. The van der Waals surface area contributed by atoms with Gasteiger partial charge in [0.1, 0.15) is 23.2 Å². The van der Waals surface area contributed by atoms with Crippen molar-refractivity contribution in [3.8, 4) is 5.75 Å². The number of benzene rings is 2. The van der Waals surface area contributed by atoms with Gasteiger partial charge in [-0.25, -0.2) is 14.7 Å². The fourth-order valence-electron chi connectivity index (χ4n) is 4.62. The highest BCUT2D eigenvalue weighted by atomic mass is 32.2. The first-order chi connectivity index (χ1) is 18.9. The highest BCUT2D eigenvalue weighted by Gasteiger charge is 2.51. The smallest absolute Gasteiger partial charge is 0.446 e. The number of alkyl halides is 3. The van der Waals surface area contributed by atoms with Gasteiger partial charge in [0.25, 0.3) is 5.91 Å². The van der Waals surface area contributed by atoms with Gasteiger partial charge in [0.15, 0.2) is 0 Å². The zero-order chi connectivity index (χ0) is 28.7. The molecule has 2 aromatic carbocycles. The second-order valence-corrected chi connectivity index (χ2v) is 11.4. The van der Waals surface area contributed by atoms with Gasteiger partial charge in [0.2, 0.25) is 0 Å². The number of halogens is 3. The van der Waals surface area contributed by atoms with E-state index in [0.717, 1.165) is 35.0 Å². The van der Waals surface area contributed by atoms with E-state index < -0.39 is 23.0 Å². The molecule has 3 amide bonds. The maximum Gasteiger partial charge on any atom is 0.446 e. The van der Waals surface area contributed by atoms with Crippen LogP contribution in [0.4, 0.5) is 35.2 Å². The van der Waals surface area contributed by atoms with Crippen LogP contribution in [-0.4, -0.2) is 64.0 Å². The molecule has 1 N–H and O–H groups in total. The predicted molar refractivity (Wildman–Crippen MR) is 147 cm³/mol. The van der Waals surface area contributed by atoms with Crippen LogP contribution in [0.3, 0.4) is 0 Å². The highest BCUT2D eigenvalue weighted by Crippen LogP contribution is 2.39. The van der Waals surface area contributed by atoms with Gasteiger partial charge in [-0.1, -0.05) is 0 Å². The molecule has 0 spiro atoms. The van der Waals surface area contributed by atoms with Crippen molar-refractivity contribution in [1.29, 1.82) is 0 Å². The van der Waals surface area contributed by atoms with Crippen molar-refractivity contribution < 1.29 is 27.5 Å². The molecule has 2 aliphatic rings. The highest BCUT2D eigenvalue weighted by molar-refractivity contribution is 8.00. The molecule has 12 heteroatoms. The number of hydrogen-bond acceptors (Lipinski definition) is 7. The van der Waals surface area contributed by atoms with Gasteiger partial charge >= 0.3 is 11.5 Å². The van der Waals surface area contributed by atoms with Crippen molar-refractivity contribution in [1.82, 2.24) is 14.8 Å². The molecule has 3 aromatic rings. The van der Waals surface area contributed by atoms with Crippen molar-refractivity contribution >= 4 is 40.9 Å². The Morgan fingerprint density at radius 1 is 1.05 bits per heavy atom. The number of carbonyl (C=O) groups is 2. The molecule has 40 heavy (non-hydrogen) atoms. The Balaban J connectivity index is 1.26. The minimum Gasteiger partial charge on any atom is -0.488 e. The van der Waals surface area contributed by atoms with E-state index in [9.17, 15) is 22.8 Å². The summed E-state index contributed by atoms with van der Waals surface area (Å²) >= 11 is -0.255. The molecule has 1 aromatic heterocycles. The van der Waals surface area contributed by atoms with Crippen LogP contribution < -0.4 is 15.0 Å². The number of anilines is 3. The number of thioether (sulfide) groups is 1. The van der Waals surface area contributed by atoms with E-state index in [2.05, 4.69) is 15.2 Å².